The molecule has 2 saturated heterocycles. The second-order valence-corrected chi connectivity index (χ2v) is 12.9. The monoisotopic (exact) mass is 566 g/mol. The van der Waals surface area contributed by atoms with Crippen LogP contribution in [0.4, 0.5) is 4.39 Å². The number of benzene rings is 2. The molecule has 3 aliphatic rings. The molecular formula is C34H35FN4O3. The standard InChI is InChI=1S/C34H35FN4O3/c1-34(2)19-39(18-20-3-5-21(6-4-20)29-16-30(42-38-29)22-7-8-22)14-13-27(34)25-9-11-28-26(32(25)35)15-23(17-36-28)24-10-12-31(40)37-33(24)41/h3-6,9,11,15-17,22,24,27H,7-8,10,12-14,18-19H2,1-2H3,(H,37,40,41). The molecule has 2 atom stereocenters. The van der Waals surface area contributed by atoms with Crippen molar-refractivity contribution in [3.8, 4) is 11.3 Å². The molecule has 2 unspecified atom stereocenters. The number of piperidine rings is 2. The molecule has 2 aromatic carbocycles. The number of halogens is 1. The predicted molar refractivity (Wildman–Crippen MR) is 157 cm³/mol. The second-order valence-electron chi connectivity index (χ2n) is 12.9. The molecule has 8 heteroatoms. The SMILES string of the molecule is CC1(C)CN(Cc2ccc(-c3cc(C4CC4)on3)cc2)CCC1c1ccc2ncc(C3CCC(=O)NC3=O)cc2c1F. The average Bonchev–Trinajstić information content (AvgIpc) is 3.70. The first-order valence-electron chi connectivity index (χ1n) is 15.0. The number of imide groups is 1. The molecule has 216 valence electrons. The number of hydrogen-bond donors (Lipinski definition) is 1. The summed E-state index contributed by atoms with van der Waals surface area (Å²) < 4.78 is 21.7. The van der Waals surface area contributed by atoms with Crippen molar-refractivity contribution in [1.29, 1.82) is 0 Å². The Morgan fingerprint density at radius 2 is 1.86 bits per heavy atom. The van der Waals surface area contributed by atoms with Gasteiger partial charge in [-0.1, -0.05) is 49.3 Å². The van der Waals surface area contributed by atoms with Gasteiger partial charge in [-0.15, -0.1) is 0 Å². The number of rotatable bonds is 6. The third-order valence-corrected chi connectivity index (χ3v) is 9.34. The third-order valence-electron chi connectivity index (χ3n) is 9.34. The number of amides is 2. The number of aromatic nitrogens is 2. The zero-order valence-corrected chi connectivity index (χ0v) is 24.0. The minimum atomic E-state index is -0.493. The van der Waals surface area contributed by atoms with Crippen molar-refractivity contribution in [1.82, 2.24) is 20.4 Å². The van der Waals surface area contributed by atoms with Gasteiger partial charge in [-0.25, -0.2) is 4.39 Å². The van der Waals surface area contributed by atoms with E-state index in [4.69, 9.17) is 4.52 Å². The van der Waals surface area contributed by atoms with Crippen LogP contribution < -0.4 is 5.32 Å². The van der Waals surface area contributed by atoms with E-state index in [1.807, 2.05) is 12.1 Å². The van der Waals surface area contributed by atoms with Gasteiger partial charge in [0.15, 0.2) is 0 Å². The summed E-state index contributed by atoms with van der Waals surface area (Å²) in [4.78, 5) is 30.9. The van der Waals surface area contributed by atoms with Gasteiger partial charge in [0.1, 0.15) is 17.3 Å². The summed E-state index contributed by atoms with van der Waals surface area (Å²) in [5.41, 5.74) is 4.97. The molecule has 4 heterocycles. The van der Waals surface area contributed by atoms with Gasteiger partial charge in [-0.3, -0.25) is 24.8 Å². The van der Waals surface area contributed by atoms with Crippen molar-refractivity contribution in [2.45, 2.75) is 70.3 Å². The van der Waals surface area contributed by atoms with Crippen LogP contribution in [0.3, 0.4) is 0 Å². The molecule has 1 saturated carbocycles. The molecule has 4 aromatic rings. The van der Waals surface area contributed by atoms with E-state index < -0.39 is 5.92 Å². The van der Waals surface area contributed by atoms with Crippen LogP contribution in [0, 0.1) is 11.2 Å². The molecule has 1 N–H and O–H groups in total. The fourth-order valence-electron chi connectivity index (χ4n) is 6.87. The molecule has 2 aliphatic heterocycles. The summed E-state index contributed by atoms with van der Waals surface area (Å²) in [6.07, 6.45) is 5.55. The Morgan fingerprint density at radius 3 is 2.60 bits per heavy atom. The zero-order valence-electron chi connectivity index (χ0n) is 24.0. The van der Waals surface area contributed by atoms with Gasteiger partial charge in [0.05, 0.1) is 11.4 Å². The maximum absolute atomic E-state index is 16.2. The van der Waals surface area contributed by atoms with Crippen LogP contribution in [0.2, 0.25) is 0 Å². The maximum Gasteiger partial charge on any atom is 0.234 e. The van der Waals surface area contributed by atoms with Crippen molar-refractivity contribution in [3.05, 3.63) is 83.0 Å². The molecule has 42 heavy (non-hydrogen) atoms. The van der Waals surface area contributed by atoms with Crippen molar-refractivity contribution in [2.24, 2.45) is 5.41 Å². The fraction of sp³-hybridized carbons (Fsp3) is 0.412. The summed E-state index contributed by atoms with van der Waals surface area (Å²) in [7, 11) is 0. The van der Waals surface area contributed by atoms with Gasteiger partial charge >= 0.3 is 0 Å². The van der Waals surface area contributed by atoms with E-state index in [2.05, 4.69) is 64.5 Å². The zero-order chi connectivity index (χ0) is 29.0. The number of fused-ring (bicyclic) bond motifs is 1. The number of likely N-dealkylation sites (tertiary alicyclic amines) is 1. The molecule has 1 aliphatic carbocycles. The number of hydrogen-bond acceptors (Lipinski definition) is 6. The Hall–Kier alpha value is -3.91. The molecule has 7 nitrogen and oxygen atoms in total. The summed E-state index contributed by atoms with van der Waals surface area (Å²) in [6, 6.07) is 16.1. The summed E-state index contributed by atoms with van der Waals surface area (Å²) in [5.74, 6) is 0.236. The van der Waals surface area contributed by atoms with E-state index in [1.54, 1.807) is 12.3 Å². The number of pyridine rings is 1. The van der Waals surface area contributed by atoms with Crippen molar-refractivity contribution < 1.29 is 18.5 Å². The van der Waals surface area contributed by atoms with E-state index in [0.717, 1.165) is 43.1 Å². The van der Waals surface area contributed by atoms with Crippen LogP contribution in [-0.2, 0) is 16.1 Å². The van der Waals surface area contributed by atoms with Crippen LogP contribution in [-0.4, -0.2) is 39.9 Å². The quantitative estimate of drug-likeness (QED) is 0.270. The Bertz CT molecular complexity index is 1670. The number of nitrogens with one attached hydrogen (secondary N) is 1. The molecular weight excluding hydrogens is 531 g/mol. The Kier molecular flexibility index (Phi) is 6.69. The lowest BCUT2D eigenvalue weighted by Crippen LogP contribution is -2.44. The van der Waals surface area contributed by atoms with E-state index >= 15 is 4.39 Å². The highest BCUT2D eigenvalue weighted by molar-refractivity contribution is 6.01. The lowest BCUT2D eigenvalue weighted by Gasteiger charge is -2.45. The Balaban J connectivity index is 1.06. The summed E-state index contributed by atoms with van der Waals surface area (Å²) in [6.45, 7) is 6.99. The fourth-order valence-corrected chi connectivity index (χ4v) is 6.87. The molecule has 0 spiro atoms. The first kappa shape index (κ1) is 27.0. The molecule has 0 bridgehead atoms. The second kappa shape index (κ2) is 10.4. The molecule has 7 rings (SSSR count). The third kappa shape index (κ3) is 5.13. The summed E-state index contributed by atoms with van der Waals surface area (Å²) >= 11 is 0. The van der Waals surface area contributed by atoms with Crippen LogP contribution in [0.5, 0.6) is 0 Å². The minimum absolute atomic E-state index is 0.0487. The number of carbonyl (C=O) groups is 2. The van der Waals surface area contributed by atoms with Crippen LogP contribution in [0.15, 0.2) is 59.3 Å². The van der Waals surface area contributed by atoms with Crippen molar-refractivity contribution >= 4 is 22.7 Å². The minimum Gasteiger partial charge on any atom is -0.360 e. The highest BCUT2D eigenvalue weighted by Crippen LogP contribution is 2.45. The topological polar surface area (TPSA) is 88.3 Å². The van der Waals surface area contributed by atoms with Crippen LogP contribution in [0.1, 0.15) is 86.2 Å². The lowest BCUT2D eigenvalue weighted by molar-refractivity contribution is -0.134. The normalized spacial score (nSPS) is 22.8. The van der Waals surface area contributed by atoms with Gasteiger partial charge in [-0.05, 0) is 72.4 Å². The van der Waals surface area contributed by atoms with Gasteiger partial charge in [0.2, 0.25) is 11.8 Å². The van der Waals surface area contributed by atoms with Crippen molar-refractivity contribution in [3.63, 3.8) is 0 Å². The van der Waals surface area contributed by atoms with Crippen LogP contribution in [0.25, 0.3) is 22.2 Å². The predicted octanol–water partition coefficient (Wildman–Crippen LogP) is 6.44. The molecule has 2 amide bonds. The Morgan fingerprint density at radius 1 is 1.05 bits per heavy atom. The van der Waals surface area contributed by atoms with E-state index in [-0.39, 0.29) is 35.4 Å². The van der Waals surface area contributed by atoms with E-state index in [0.29, 0.717) is 34.4 Å². The van der Waals surface area contributed by atoms with Crippen LogP contribution >= 0.6 is 0 Å². The number of carbonyl (C=O) groups excluding carboxylic acids is 2. The average molecular weight is 567 g/mol. The number of nitrogens with zero attached hydrogens (tertiary/aromatic N) is 3. The largest absolute Gasteiger partial charge is 0.360 e. The highest BCUT2D eigenvalue weighted by atomic mass is 19.1. The molecule has 2 aromatic heterocycles. The first-order chi connectivity index (χ1) is 20.2. The van der Waals surface area contributed by atoms with Crippen molar-refractivity contribution in [2.75, 3.05) is 13.1 Å². The Labute approximate surface area is 244 Å². The first-order valence-corrected chi connectivity index (χ1v) is 15.0. The van der Waals surface area contributed by atoms with Gasteiger partial charge in [0, 0.05) is 48.6 Å². The lowest BCUT2D eigenvalue weighted by atomic mass is 9.70. The van der Waals surface area contributed by atoms with E-state index in [1.165, 1.54) is 18.4 Å². The molecule has 0 radical (unpaired) electrons. The molecule has 3 fully saturated rings. The van der Waals surface area contributed by atoms with Gasteiger partial charge < -0.3 is 4.52 Å². The summed E-state index contributed by atoms with van der Waals surface area (Å²) in [5, 5.41) is 7.09. The van der Waals surface area contributed by atoms with Gasteiger partial charge in [-0.2, -0.15) is 0 Å². The van der Waals surface area contributed by atoms with Gasteiger partial charge in [0.25, 0.3) is 0 Å². The highest BCUT2D eigenvalue weighted by Gasteiger charge is 2.38. The maximum atomic E-state index is 16.2. The van der Waals surface area contributed by atoms with E-state index in [9.17, 15) is 9.59 Å². The smallest absolute Gasteiger partial charge is 0.234 e.